The zero-order chi connectivity index (χ0) is 21.8. The number of anilines is 1. The van der Waals surface area contributed by atoms with E-state index in [1.54, 1.807) is 24.5 Å². The fraction of sp³-hybridized carbons (Fsp3) is 0.273. The first-order valence-electron chi connectivity index (χ1n) is 10.4. The number of hydrogen-bond donors (Lipinski definition) is 2. The lowest BCUT2D eigenvalue weighted by Gasteiger charge is -2.25. The van der Waals surface area contributed by atoms with Gasteiger partial charge in [-0.3, -0.25) is 4.68 Å². The number of aliphatic hydroxyl groups excluding tert-OH is 1. The van der Waals surface area contributed by atoms with Crippen molar-refractivity contribution in [2.45, 2.75) is 37.8 Å². The molecular weight excluding hydrogens is 431 g/mol. The molecule has 0 spiro atoms. The van der Waals surface area contributed by atoms with Gasteiger partial charge in [0.25, 0.3) is 0 Å². The summed E-state index contributed by atoms with van der Waals surface area (Å²) >= 11 is 1.12. The monoisotopic (exact) mass is 450 g/mol. The maximum atomic E-state index is 14.8. The Labute approximate surface area is 185 Å². The van der Waals surface area contributed by atoms with Crippen molar-refractivity contribution < 1.29 is 13.9 Å². The van der Waals surface area contributed by atoms with Gasteiger partial charge in [0.15, 0.2) is 11.4 Å². The van der Waals surface area contributed by atoms with Gasteiger partial charge in [-0.05, 0) is 55.4 Å². The van der Waals surface area contributed by atoms with Gasteiger partial charge in [0.1, 0.15) is 17.1 Å². The van der Waals surface area contributed by atoms with E-state index in [1.165, 1.54) is 6.07 Å². The van der Waals surface area contributed by atoms with Crippen LogP contribution in [0.4, 0.5) is 10.2 Å². The van der Waals surface area contributed by atoms with Crippen molar-refractivity contribution in [2.24, 2.45) is 0 Å². The fourth-order valence-corrected chi connectivity index (χ4v) is 5.15. The van der Waals surface area contributed by atoms with Crippen molar-refractivity contribution >= 4 is 38.5 Å². The van der Waals surface area contributed by atoms with E-state index in [1.807, 2.05) is 10.9 Å². The van der Waals surface area contributed by atoms with Crippen LogP contribution in [0, 0.1) is 5.82 Å². The maximum Gasteiger partial charge on any atom is 0.177 e. The van der Waals surface area contributed by atoms with Gasteiger partial charge in [-0.15, -0.1) is 5.10 Å². The minimum Gasteiger partial charge on any atom is -0.452 e. The van der Waals surface area contributed by atoms with Crippen LogP contribution >= 0.6 is 11.5 Å². The molecule has 1 fully saturated rings. The Bertz CT molecular complexity index is 1450. The van der Waals surface area contributed by atoms with Crippen LogP contribution in [-0.2, 0) is 0 Å². The number of nitrogen functional groups attached to an aromatic ring is 1. The second-order valence-corrected chi connectivity index (χ2v) is 8.88. The van der Waals surface area contributed by atoms with Crippen LogP contribution in [0.5, 0.6) is 0 Å². The second kappa shape index (κ2) is 7.35. The number of hydrogen-bond acceptors (Lipinski definition) is 8. The molecule has 0 saturated heterocycles. The molecule has 0 aliphatic heterocycles. The van der Waals surface area contributed by atoms with Crippen molar-refractivity contribution in [3.05, 3.63) is 42.6 Å². The Kier molecular flexibility index (Phi) is 4.44. The van der Waals surface area contributed by atoms with Crippen LogP contribution in [-0.4, -0.2) is 35.6 Å². The normalized spacial score (nSPS) is 19.2. The van der Waals surface area contributed by atoms with E-state index >= 15 is 0 Å². The fourth-order valence-electron chi connectivity index (χ4n) is 4.45. The molecule has 0 bridgehead atoms. The Morgan fingerprint density at radius 3 is 2.88 bits per heavy atom. The van der Waals surface area contributed by atoms with Crippen LogP contribution in [0.3, 0.4) is 0 Å². The number of furan rings is 1. The van der Waals surface area contributed by atoms with Crippen molar-refractivity contribution in [1.29, 1.82) is 0 Å². The lowest BCUT2D eigenvalue weighted by molar-refractivity contribution is 0.108. The molecule has 32 heavy (non-hydrogen) atoms. The second-order valence-electron chi connectivity index (χ2n) is 8.13. The molecule has 3 N–H and O–H groups in total. The summed E-state index contributed by atoms with van der Waals surface area (Å²) in [5, 5.41) is 19.1. The Hall–Kier alpha value is -3.37. The summed E-state index contributed by atoms with van der Waals surface area (Å²) < 4.78 is 27.3. The largest absolute Gasteiger partial charge is 0.452 e. The summed E-state index contributed by atoms with van der Waals surface area (Å²) in [6.45, 7) is 0. The van der Waals surface area contributed by atoms with E-state index in [-0.39, 0.29) is 18.0 Å². The number of aromatic nitrogens is 5. The molecule has 4 heterocycles. The third-order valence-electron chi connectivity index (χ3n) is 6.15. The molecule has 10 heteroatoms. The number of halogens is 1. The Morgan fingerprint density at radius 2 is 2.03 bits per heavy atom. The van der Waals surface area contributed by atoms with Gasteiger partial charge in [0.2, 0.25) is 0 Å². The Morgan fingerprint density at radius 1 is 1.19 bits per heavy atom. The van der Waals surface area contributed by atoms with Crippen LogP contribution in [0.15, 0.2) is 41.2 Å². The summed E-state index contributed by atoms with van der Waals surface area (Å²) in [7, 11) is 0. The average Bonchev–Trinajstić information content (AvgIpc) is 3.54. The number of fused-ring (bicyclic) bond motifs is 2. The van der Waals surface area contributed by atoms with Gasteiger partial charge in [-0.25, -0.2) is 9.37 Å². The van der Waals surface area contributed by atoms with Gasteiger partial charge >= 0.3 is 0 Å². The number of benzene rings is 1. The average molecular weight is 450 g/mol. The van der Waals surface area contributed by atoms with Gasteiger partial charge in [-0.2, -0.15) is 5.10 Å². The molecule has 162 valence electrons. The molecule has 0 amide bonds. The van der Waals surface area contributed by atoms with Crippen molar-refractivity contribution in [3.63, 3.8) is 0 Å². The molecule has 6 rings (SSSR count). The molecule has 4 aromatic heterocycles. The number of nitrogens with two attached hydrogens (primary N) is 1. The van der Waals surface area contributed by atoms with E-state index in [4.69, 9.17) is 10.2 Å². The smallest absolute Gasteiger partial charge is 0.177 e. The summed E-state index contributed by atoms with van der Waals surface area (Å²) in [4.78, 5) is 4.30. The minimum atomic E-state index is -0.414. The zero-order valence-corrected chi connectivity index (χ0v) is 17.7. The molecule has 0 radical (unpaired) electrons. The van der Waals surface area contributed by atoms with Gasteiger partial charge in [0.05, 0.1) is 28.6 Å². The quantitative estimate of drug-likeness (QED) is 0.414. The van der Waals surface area contributed by atoms with E-state index < -0.39 is 5.82 Å². The predicted molar refractivity (Wildman–Crippen MR) is 120 cm³/mol. The third kappa shape index (κ3) is 3.06. The minimum absolute atomic E-state index is 0.217. The number of nitrogens with zero attached hydrogens (tertiary/aromatic N) is 5. The first-order valence-corrected chi connectivity index (χ1v) is 11.2. The zero-order valence-electron chi connectivity index (χ0n) is 16.9. The maximum absolute atomic E-state index is 14.8. The van der Waals surface area contributed by atoms with E-state index in [0.29, 0.717) is 27.1 Å². The van der Waals surface area contributed by atoms with Gasteiger partial charge in [0, 0.05) is 28.9 Å². The number of pyridine rings is 1. The number of aliphatic hydroxyl groups is 1. The molecule has 1 aliphatic carbocycles. The van der Waals surface area contributed by atoms with E-state index in [9.17, 15) is 9.50 Å². The van der Waals surface area contributed by atoms with Crippen LogP contribution < -0.4 is 5.73 Å². The molecule has 5 aromatic rings. The highest BCUT2D eigenvalue weighted by Crippen LogP contribution is 2.40. The SMILES string of the molecule is Nc1ncc(-c2cnn(C3CCC(O)CC3)c2)c2cc(-c3c(F)ccc4nnsc34)oc12. The standard InChI is InChI=1S/C22H19FN6O2S/c23-16-5-6-17-21(32-28-27-17)19(16)18-7-14-15(9-25-22(24)20(14)31-18)11-8-26-29(10-11)12-1-3-13(30)4-2-12/h5-10,12-13,30H,1-4H2,(H2,24,25). The molecule has 0 unspecified atom stereocenters. The first kappa shape index (κ1) is 19.3. The molecular formula is C22H19FN6O2S. The van der Waals surface area contributed by atoms with Crippen LogP contribution in [0.2, 0.25) is 0 Å². The highest BCUT2D eigenvalue weighted by atomic mass is 32.1. The summed E-state index contributed by atoms with van der Waals surface area (Å²) in [6.07, 6.45) is 8.58. The lowest BCUT2D eigenvalue weighted by Crippen LogP contribution is -2.21. The molecule has 1 saturated carbocycles. The van der Waals surface area contributed by atoms with E-state index in [2.05, 4.69) is 19.7 Å². The van der Waals surface area contributed by atoms with Crippen molar-refractivity contribution in [2.75, 3.05) is 5.73 Å². The molecule has 1 aliphatic rings. The highest BCUT2D eigenvalue weighted by molar-refractivity contribution is 7.13. The summed E-state index contributed by atoms with van der Waals surface area (Å²) in [5.74, 6) is 0.172. The van der Waals surface area contributed by atoms with Crippen molar-refractivity contribution in [1.82, 2.24) is 24.4 Å². The molecule has 1 aromatic carbocycles. The third-order valence-corrected chi connectivity index (χ3v) is 6.91. The summed E-state index contributed by atoms with van der Waals surface area (Å²) in [6, 6.07) is 5.00. The predicted octanol–water partition coefficient (Wildman–Crippen LogP) is 4.56. The first-order chi connectivity index (χ1) is 15.6. The van der Waals surface area contributed by atoms with Gasteiger partial charge in [-0.1, -0.05) is 4.49 Å². The van der Waals surface area contributed by atoms with Crippen LogP contribution in [0.25, 0.3) is 43.6 Å². The van der Waals surface area contributed by atoms with Crippen LogP contribution in [0.1, 0.15) is 31.7 Å². The summed E-state index contributed by atoms with van der Waals surface area (Å²) in [5.41, 5.74) is 9.10. The lowest BCUT2D eigenvalue weighted by atomic mass is 9.93. The molecule has 8 nitrogen and oxygen atoms in total. The topological polar surface area (TPSA) is 116 Å². The van der Waals surface area contributed by atoms with Crippen molar-refractivity contribution in [3.8, 4) is 22.5 Å². The Balaban J connectivity index is 1.46. The highest BCUT2D eigenvalue weighted by Gasteiger charge is 2.23. The number of rotatable bonds is 3. The van der Waals surface area contributed by atoms with Gasteiger partial charge < -0.3 is 15.3 Å². The van der Waals surface area contributed by atoms with E-state index in [0.717, 1.165) is 53.7 Å². The molecule has 0 atom stereocenters.